The number of fused-ring (bicyclic) bond motifs is 1. The van der Waals surface area contributed by atoms with E-state index in [0.717, 1.165) is 11.5 Å². The highest BCUT2D eigenvalue weighted by molar-refractivity contribution is 7.79. The van der Waals surface area contributed by atoms with Gasteiger partial charge in [0.05, 0.1) is 5.02 Å². The summed E-state index contributed by atoms with van der Waals surface area (Å²) in [6.07, 6.45) is 1.51. The molecule has 1 aromatic carbocycles. The average molecular weight is 386 g/mol. The third-order valence-electron chi connectivity index (χ3n) is 3.31. The van der Waals surface area contributed by atoms with Crippen LogP contribution in [0.5, 0.6) is 5.75 Å². The number of rotatable bonds is 5. The monoisotopic (exact) mass is 385 g/mol. The van der Waals surface area contributed by atoms with Gasteiger partial charge in [0.25, 0.3) is 0 Å². The maximum absolute atomic E-state index is 11.9. The molecule has 0 aliphatic rings. The Kier molecular flexibility index (Phi) is 5.07. The number of phenols is 1. The van der Waals surface area contributed by atoms with Crippen molar-refractivity contribution in [2.75, 3.05) is 7.11 Å². The van der Waals surface area contributed by atoms with E-state index < -0.39 is 16.3 Å². The van der Waals surface area contributed by atoms with Crippen LogP contribution in [0.3, 0.4) is 0 Å². The minimum atomic E-state index is -2.34. The molecule has 0 saturated carbocycles. The number of hydrogen-bond acceptors (Lipinski definition) is 7. The predicted octanol–water partition coefficient (Wildman–Crippen LogP) is 2.90. The lowest BCUT2D eigenvalue weighted by molar-refractivity contribution is 0.178. The van der Waals surface area contributed by atoms with Gasteiger partial charge in [-0.25, -0.2) is 9.19 Å². The molecule has 3 rings (SSSR count). The number of aromatic nitrogens is 3. The summed E-state index contributed by atoms with van der Waals surface area (Å²) in [5.74, 6) is 0.198. The number of benzene rings is 1. The summed E-state index contributed by atoms with van der Waals surface area (Å²) in [5.41, 5.74) is 0.434. The summed E-state index contributed by atoms with van der Waals surface area (Å²) in [6, 6.07) is 4.86. The first-order chi connectivity index (χ1) is 11.5. The van der Waals surface area contributed by atoms with Crippen molar-refractivity contribution in [2.45, 2.75) is 11.9 Å². The molecule has 0 saturated heterocycles. The van der Waals surface area contributed by atoms with Gasteiger partial charge < -0.3 is 14.4 Å². The molecule has 0 spiro atoms. The zero-order valence-corrected chi connectivity index (χ0v) is 14.7. The van der Waals surface area contributed by atoms with Gasteiger partial charge in [0.1, 0.15) is 28.1 Å². The lowest BCUT2D eigenvalue weighted by atomic mass is 10.1. The van der Waals surface area contributed by atoms with Crippen LogP contribution in [0.25, 0.3) is 10.9 Å². The number of methoxy groups -OCH3 is 1. The van der Waals surface area contributed by atoms with Crippen LogP contribution in [-0.4, -0.2) is 35.3 Å². The number of ether oxygens (including phenoxy) is 1. The molecule has 2 atom stereocenters. The SMILES string of the molecule is COCc1nsc(C(c2cc(Cl)c3cccnc3c2O)S(=O)O)n1. The van der Waals surface area contributed by atoms with E-state index in [4.69, 9.17) is 16.3 Å². The van der Waals surface area contributed by atoms with Crippen molar-refractivity contribution < 1.29 is 18.6 Å². The average Bonchev–Trinajstić information content (AvgIpc) is 3.00. The Morgan fingerprint density at radius 1 is 1.50 bits per heavy atom. The van der Waals surface area contributed by atoms with E-state index in [1.807, 2.05) is 0 Å². The first kappa shape index (κ1) is 17.2. The Labute approximate surface area is 148 Å². The van der Waals surface area contributed by atoms with Crippen LogP contribution in [0.2, 0.25) is 5.02 Å². The minimum Gasteiger partial charge on any atom is -0.505 e. The van der Waals surface area contributed by atoms with Gasteiger partial charge in [-0.2, -0.15) is 4.37 Å². The number of aromatic hydroxyl groups is 1. The van der Waals surface area contributed by atoms with Crippen LogP contribution in [0.4, 0.5) is 0 Å². The molecule has 0 bridgehead atoms. The second kappa shape index (κ2) is 7.08. The molecule has 7 nitrogen and oxygen atoms in total. The molecule has 0 amide bonds. The van der Waals surface area contributed by atoms with Crippen LogP contribution in [0.15, 0.2) is 24.4 Å². The normalized spacial score (nSPS) is 14.0. The lowest BCUT2D eigenvalue weighted by Crippen LogP contribution is -2.08. The lowest BCUT2D eigenvalue weighted by Gasteiger charge is -2.14. The zero-order chi connectivity index (χ0) is 17.3. The predicted molar refractivity (Wildman–Crippen MR) is 91.7 cm³/mol. The van der Waals surface area contributed by atoms with E-state index in [9.17, 15) is 13.9 Å². The van der Waals surface area contributed by atoms with E-state index in [1.165, 1.54) is 19.4 Å². The van der Waals surface area contributed by atoms with E-state index in [-0.39, 0.29) is 28.4 Å². The van der Waals surface area contributed by atoms with Crippen molar-refractivity contribution in [1.82, 2.24) is 14.3 Å². The van der Waals surface area contributed by atoms with E-state index in [2.05, 4.69) is 14.3 Å². The molecule has 2 heterocycles. The molecule has 2 aromatic heterocycles. The van der Waals surface area contributed by atoms with E-state index in [0.29, 0.717) is 16.2 Å². The molecule has 126 valence electrons. The van der Waals surface area contributed by atoms with Gasteiger partial charge in [0.15, 0.2) is 16.9 Å². The van der Waals surface area contributed by atoms with Crippen molar-refractivity contribution in [1.29, 1.82) is 0 Å². The fraction of sp³-hybridized carbons (Fsp3) is 0.214. The van der Waals surface area contributed by atoms with Gasteiger partial charge in [-0.15, -0.1) is 0 Å². The standard InChI is InChI=1S/C14H12ClN3O4S2/c1-22-6-10-17-14(23-18-10)13(24(20)21)8-5-9(15)7-3-2-4-16-11(7)12(8)19/h2-5,13,19H,6H2,1H3,(H,20,21). The highest BCUT2D eigenvalue weighted by atomic mass is 35.5. The van der Waals surface area contributed by atoms with Gasteiger partial charge >= 0.3 is 0 Å². The Bertz CT molecular complexity index is 918. The van der Waals surface area contributed by atoms with Crippen molar-refractivity contribution in [3.05, 3.63) is 45.8 Å². The van der Waals surface area contributed by atoms with Gasteiger partial charge in [-0.05, 0) is 29.7 Å². The summed E-state index contributed by atoms with van der Waals surface area (Å²) < 4.78 is 30.7. The Balaban J connectivity index is 2.17. The van der Waals surface area contributed by atoms with Crippen LogP contribution in [0, 0.1) is 0 Å². The van der Waals surface area contributed by atoms with Crippen LogP contribution < -0.4 is 0 Å². The molecular formula is C14H12ClN3O4S2. The number of hydrogen-bond donors (Lipinski definition) is 2. The molecular weight excluding hydrogens is 374 g/mol. The second-order valence-electron chi connectivity index (χ2n) is 4.83. The second-order valence-corrected chi connectivity index (χ2v) is 7.05. The Morgan fingerprint density at radius 2 is 2.29 bits per heavy atom. The molecule has 2 unspecified atom stereocenters. The van der Waals surface area contributed by atoms with Gasteiger partial charge in [-0.1, -0.05) is 11.6 Å². The van der Waals surface area contributed by atoms with Crippen molar-refractivity contribution in [3.8, 4) is 5.75 Å². The number of pyridine rings is 1. The summed E-state index contributed by atoms with van der Waals surface area (Å²) in [7, 11) is 1.50. The largest absolute Gasteiger partial charge is 0.505 e. The molecule has 0 fully saturated rings. The van der Waals surface area contributed by atoms with Gasteiger partial charge in [0, 0.05) is 24.3 Å². The fourth-order valence-corrected chi connectivity index (χ4v) is 4.23. The van der Waals surface area contributed by atoms with E-state index >= 15 is 0 Å². The van der Waals surface area contributed by atoms with Crippen molar-refractivity contribution in [3.63, 3.8) is 0 Å². The highest BCUT2D eigenvalue weighted by Crippen LogP contribution is 2.40. The van der Waals surface area contributed by atoms with Crippen molar-refractivity contribution >= 4 is 45.1 Å². The smallest absolute Gasteiger partial charge is 0.168 e. The van der Waals surface area contributed by atoms with Gasteiger partial charge in [-0.3, -0.25) is 4.98 Å². The van der Waals surface area contributed by atoms with Crippen LogP contribution in [-0.2, 0) is 22.4 Å². The molecule has 2 N–H and O–H groups in total. The molecule has 24 heavy (non-hydrogen) atoms. The third-order valence-corrected chi connectivity index (χ3v) is 5.47. The topological polar surface area (TPSA) is 105 Å². The summed E-state index contributed by atoms with van der Waals surface area (Å²) >= 11 is 4.88. The van der Waals surface area contributed by atoms with Gasteiger partial charge in [0.2, 0.25) is 0 Å². The van der Waals surface area contributed by atoms with Crippen molar-refractivity contribution in [2.24, 2.45) is 0 Å². The summed E-state index contributed by atoms with van der Waals surface area (Å²) in [4.78, 5) is 8.31. The Morgan fingerprint density at radius 3 is 3.00 bits per heavy atom. The fourth-order valence-electron chi connectivity index (χ4n) is 2.30. The zero-order valence-electron chi connectivity index (χ0n) is 12.3. The third kappa shape index (κ3) is 3.13. The molecule has 3 aromatic rings. The quantitative estimate of drug-likeness (QED) is 0.650. The minimum absolute atomic E-state index is 0.173. The maximum atomic E-state index is 11.9. The van der Waals surface area contributed by atoms with Crippen LogP contribution in [0.1, 0.15) is 21.6 Å². The van der Waals surface area contributed by atoms with Crippen LogP contribution >= 0.6 is 23.1 Å². The first-order valence-corrected chi connectivity index (χ1v) is 9.02. The Hall–Kier alpha value is -1.65. The molecule has 0 aliphatic heterocycles. The highest BCUT2D eigenvalue weighted by Gasteiger charge is 2.29. The summed E-state index contributed by atoms with van der Waals surface area (Å²) in [6.45, 7) is 0.188. The number of phenolic OH excluding ortho intramolecular Hbond substituents is 1. The number of nitrogens with zero attached hydrogens (tertiary/aromatic N) is 3. The molecule has 0 radical (unpaired) electrons. The number of halogens is 1. The maximum Gasteiger partial charge on any atom is 0.168 e. The first-order valence-electron chi connectivity index (χ1n) is 6.70. The summed E-state index contributed by atoms with van der Waals surface area (Å²) in [5, 5.41) is 10.6. The van der Waals surface area contributed by atoms with E-state index in [1.54, 1.807) is 12.1 Å². The molecule has 0 aliphatic carbocycles. The molecule has 10 heteroatoms.